The molecular weight excluding hydrogens is 302 g/mol. The lowest BCUT2D eigenvalue weighted by Gasteiger charge is -2.38. The number of carbonyl (C=O) groups excluding carboxylic acids is 2. The number of piperazine rings is 1. The van der Waals surface area contributed by atoms with E-state index in [1.165, 1.54) is 5.56 Å². The Labute approximate surface area is 144 Å². The minimum absolute atomic E-state index is 0.0202. The average Bonchev–Trinajstić information content (AvgIpc) is 2.55. The summed E-state index contributed by atoms with van der Waals surface area (Å²) in [5, 5.41) is 0. The molecule has 1 saturated heterocycles. The van der Waals surface area contributed by atoms with Crippen molar-refractivity contribution in [2.75, 3.05) is 26.2 Å². The van der Waals surface area contributed by atoms with Gasteiger partial charge in [-0.3, -0.25) is 9.59 Å². The molecule has 1 fully saturated rings. The monoisotopic (exact) mass is 331 g/mol. The Morgan fingerprint density at radius 3 is 2.04 bits per heavy atom. The molecule has 1 aliphatic heterocycles. The van der Waals surface area contributed by atoms with Crippen LogP contribution in [-0.4, -0.2) is 53.8 Å². The third-order valence-electron chi connectivity index (χ3n) is 4.62. The third kappa shape index (κ3) is 4.57. The lowest BCUT2D eigenvalue weighted by molar-refractivity contribution is -0.141. The van der Waals surface area contributed by atoms with Gasteiger partial charge in [0.1, 0.15) is 0 Å². The van der Waals surface area contributed by atoms with Crippen molar-refractivity contribution < 1.29 is 9.59 Å². The second-order valence-electron chi connectivity index (χ2n) is 7.71. The van der Waals surface area contributed by atoms with Crippen LogP contribution in [0.25, 0.3) is 0 Å². The molecule has 1 heterocycles. The minimum atomic E-state index is -0.507. The van der Waals surface area contributed by atoms with Crippen LogP contribution < -0.4 is 5.73 Å². The van der Waals surface area contributed by atoms with Gasteiger partial charge in [-0.25, -0.2) is 0 Å². The minimum Gasteiger partial charge on any atom is -0.339 e. The van der Waals surface area contributed by atoms with Gasteiger partial charge in [-0.05, 0) is 17.9 Å². The number of amides is 2. The lowest BCUT2D eigenvalue weighted by Crippen LogP contribution is -2.57. The molecule has 0 aromatic heterocycles. The van der Waals surface area contributed by atoms with E-state index in [2.05, 4.69) is 0 Å². The predicted molar refractivity (Wildman–Crippen MR) is 95.5 cm³/mol. The normalized spacial score (nSPS) is 16.9. The number of rotatable bonds is 3. The molecule has 132 valence electrons. The standard InChI is InChI=1S/C19H29N3O2/c1-14-5-7-15(8-6-14)13-16(23)21-9-11-22(12-10-21)18(24)17(20)19(2,3)4/h5-8,17H,9-13,20H2,1-4H3/t17-/m1/s1. The quantitative estimate of drug-likeness (QED) is 0.914. The predicted octanol–water partition coefficient (Wildman–Crippen LogP) is 1.58. The fraction of sp³-hybridized carbons (Fsp3) is 0.579. The molecule has 0 radical (unpaired) electrons. The molecule has 2 rings (SSSR count). The molecule has 24 heavy (non-hydrogen) atoms. The molecule has 1 aromatic carbocycles. The Morgan fingerprint density at radius 2 is 1.54 bits per heavy atom. The first-order valence-corrected chi connectivity index (χ1v) is 8.56. The zero-order valence-electron chi connectivity index (χ0n) is 15.2. The number of aryl methyl sites for hydroxylation is 1. The van der Waals surface area contributed by atoms with E-state index in [4.69, 9.17) is 5.73 Å². The summed E-state index contributed by atoms with van der Waals surface area (Å²) in [5.74, 6) is 0.0965. The summed E-state index contributed by atoms with van der Waals surface area (Å²) in [4.78, 5) is 28.5. The van der Waals surface area contributed by atoms with E-state index in [9.17, 15) is 9.59 Å². The Kier molecular flexibility index (Phi) is 5.65. The molecule has 5 heteroatoms. The van der Waals surface area contributed by atoms with E-state index in [1.807, 2.05) is 56.9 Å². The van der Waals surface area contributed by atoms with Gasteiger partial charge in [-0.1, -0.05) is 50.6 Å². The highest BCUT2D eigenvalue weighted by molar-refractivity contribution is 5.83. The Morgan fingerprint density at radius 1 is 1.04 bits per heavy atom. The summed E-state index contributed by atoms with van der Waals surface area (Å²) < 4.78 is 0. The molecule has 0 spiro atoms. The second kappa shape index (κ2) is 7.34. The molecule has 2 N–H and O–H groups in total. The van der Waals surface area contributed by atoms with Gasteiger partial charge in [-0.2, -0.15) is 0 Å². The second-order valence-corrected chi connectivity index (χ2v) is 7.71. The van der Waals surface area contributed by atoms with Crippen LogP contribution in [0.5, 0.6) is 0 Å². The Balaban J connectivity index is 1.87. The average molecular weight is 331 g/mol. The number of hydrogen-bond acceptors (Lipinski definition) is 3. The highest BCUT2D eigenvalue weighted by Gasteiger charge is 2.33. The van der Waals surface area contributed by atoms with Crippen molar-refractivity contribution in [1.82, 2.24) is 9.80 Å². The van der Waals surface area contributed by atoms with Crippen molar-refractivity contribution in [3.05, 3.63) is 35.4 Å². The maximum absolute atomic E-state index is 12.4. The molecule has 1 atom stereocenters. The van der Waals surface area contributed by atoms with Crippen LogP contribution in [0.3, 0.4) is 0 Å². The summed E-state index contributed by atoms with van der Waals surface area (Å²) >= 11 is 0. The van der Waals surface area contributed by atoms with Gasteiger partial charge in [0.25, 0.3) is 0 Å². The smallest absolute Gasteiger partial charge is 0.240 e. The fourth-order valence-corrected chi connectivity index (χ4v) is 2.74. The Hall–Kier alpha value is -1.88. The highest BCUT2D eigenvalue weighted by Crippen LogP contribution is 2.20. The van der Waals surface area contributed by atoms with Crippen LogP contribution in [0.1, 0.15) is 31.9 Å². The number of nitrogens with zero attached hydrogens (tertiary/aromatic N) is 2. The molecule has 1 aliphatic rings. The van der Waals surface area contributed by atoms with Crippen LogP contribution in [0.15, 0.2) is 24.3 Å². The molecule has 0 aliphatic carbocycles. The zero-order valence-corrected chi connectivity index (χ0v) is 15.2. The largest absolute Gasteiger partial charge is 0.339 e. The summed E-state index contributed by atoms with van der Waals surface area (Å²) in [7, 11) is 0. The van der Waals surface area contributed by atoms with E-state index < -0.39 is 6.04 Å². The van der Waals surface area contributed by atoms with Crippen molar-refractivity contribution in [3.8, 4) is 0 Å². The van der Waals surface area contributed by atoms with Crippen molar-refractivity contribution in [1.29, 1.82) is 0 Å². The van der Waals surface area contributed by atoms with Crippen LogP contribution in [-0.2, 0) is 16.0 Å². The van der Waals surface area contributed by atoms with Crippen LogP contribution in [0, 0.1) is 12.3 Å². The molecule has 2 amide bonds. The van der Waals surface area contributed by atoms with E-state index >= 15 is 0 Å². The third-order valence-corrected chi connectivity index (χ3v) is 4.62. The van der Waals surface area contributed by atoms with E-state index in [0.717, 1.165) is 5.56 Å². The lowest BCUT2D eigenvalue weighted by atomic mass is 9.86. The maximum atomic E-state index is 12.4. The number of benzene rings is 1. The van der Waals surface area contributed by atoms with Gasteiger partial charge in [0, 0.05) is 26.2 Å². The van der Waals surface area contributed by atoms with Crippen molar-refractivity contribution in [3.63, 3.8) is 0 Å². The van der Waals surface area contributed by atoms with Gasteiger partial charge >= 0.3 is 0 Å². The van der Waals surface area contributed by atoms with Gasteiger partial charge in [0.15, 0.2) is 0 Å². The van der Waals surface area contributed by atoms with Crippen LogP contribution in [0.4, 0.5) is 0 Å². The fourth-order valence-electron chi connectivity index (χ4n) is 2.74. The van der Waals surface area contributed by atoms with E-state index in [-0.39, 0.29) is 17.2 Å². The number of carbonyl (C=O) groups is 2. The first-order chi connectivity index (χ1) is 11.2. The van der Waals surface area contributed by atoms with Crippen molar-refractivity contribution in [2.24, 2.45) is 11.1 Å². The van der Waals surface area contributed by atoms with Gasteiger partial charge in [0.2, 0.25) is 11.8 Å². The molecule has 5 nitrogen and oxygen atoms in total. The summed E-state index contributed by atoms with van der Waals surface area (Å²) in [6.07, 6.45) is 0.412. The maximum Gasteiger partial charge on any atom is 0.240 e. The van der Waals surface area contributed by atoms with Crippen molar-refractivity contribution >= 4 is 11.8 Å². The molecule has 1 aromatic rings. The van der Waals surface area contributed by atoms with Gasteiger partial charge < -0.3 is 15.5 Å². The topological polar surface area (TPSA) is 66.6 Å². The van der Waals surface area contributed by atoms with E-state index in [0.29, 0.717) is 32.6 Å². The van der Waals surface area contributed by atoms with Gasteiger partial charge in [-0.15, -0.1) is 0 Å². The molecule has 0 saturated carbocycles. The summed E-state index contributed by atoms with van der Waals surface area (Å²) in [5.41, 5.74) is 8.02. The molecular formula is C19H29N3O2. The Bertz CT molecular complexity index is 582. The summed E-state index contributed by atoms with van der Waals surface area (Å²) in [6.45, 7) is 10.2. The number of nitrogens with two attached hydrogens (primary N) is 1. The number of hydrogen-bond donors (Lipinski definition) is 1. The SMILES string of the molecule is Cc1ccc(CC(=O)N2CCN(C(=O)[C@@H](N)C(C)(C)C)CC2)cc1. The summed E-state index contributed by atoms with van der Waals surface area (Å²) in [6, 6.07) is 7.53. The first kappa shape index (κ1) is 18.5. The zero-order chi connectivity index (χ0) is 17.9. The molecule has 0 unspecified atom stereocenters. The van der Waals surface area contributed by atoms with Crippen LogP contribution >= 0.6 is 0 Å². The van der Waals surface area contributed by atoms with Gasteiger partial charge in [0.05, 0.1) is 12.5 Å². The van der Waals surface area contributed by atoms with E-state index in [1.54, 1.807) is 4.90 Å². The van der Waals surface area contributed by atoms with Crippen LogP contribution in [0.2, 0.25) is 0 Å². The highest BCUT2D eigenvalue weighted by atomic mass is 16.2. The molecule has 0 bridgehead atoms. The van der Waals surface area contributed by atoms with Crippen molar-refractivity contribution in [2.45, 2.75) is 40.2 Å². The first-order valence-electron chi connectivity index (χ1n) is 8.56.